The third kappa shape index (κ3) is 5.03. The van der Waals surface area contributed by atoms with E-state index < -0.39 is 20.5 Å². The fourth-order valence-electron chi connectivity index (χ4n) is 2.43. The van der Waals surface area contributed by atoms with Crippen molar-refractivity contribution < 1.29 is 18.8 Å². The molecule has 0 spiro atoms. The Labute approximate surface area is 121 Å². The number of hydrogen-bond acceptors (Lipinski definition) is 4. The highest BCUT2D eigenvalue weighted by Gasteiger charge is 2.33. The molecule has 1 fully saturated rings. The summed E-state index contributed by atoms with van der Waals surface area (Å²) < 4.78 is 10.5. The van der Waals surface area contributed by atoms with Crippen LogP contribution in [-0.4, -0.2) is 26.6 Å². The van der Waals surface area contributed by atoms with Gasteiger partial charge in [-0.05, 0) is 43.8 Å². The van der Waals surface area contributed by atoms with Gasteiger partial charge in [0.1, 0.15) is 6.10 Å². The summed E-state index contributed by atoms with van der Waals surface area (Å²) in [5.74, 6) is 0. The van der Waals surface area contributed by atoms with E-state index in [1.807, 2.05) is 20.8 Å². The second-order valence-electron chi connectivity index (χ2n) is 5.10. The van der Waals surface area contributed by atoms with Crippen LogP contribution in [0.25, 0.3) is 0 Å². The molecule has 0 aromatic rings. The number of hydrogen-bond donors (Lipinski definition) is 0. The van der Waals surface area contributed by atoms with Crippen LogP contribution in [0.3, 0.4) is 0 Å². The number of carbonyl (C=O) groups excluding carboxylic acids is 2. The first-order chi connectivity index (χ1) is 9.55. The van der Waals surface area contributed by atoms with Crippen molar-refractivity contribution in [1.82, 2.24) is 0 Å². The van der Waals surface area contributed by atoms with Crippen molar-refractivity contribution in [2.45, 2.75) is 70.7 Å². The predicted molar refractivity (Wildman–Crippen MR) is 77.3 cm³/mol. The van der Waals surface area contributed by atoms with Crippen molar-refractivity contribution in [1.29, 1.82) is 0 Å². The predicted octanol–water partition coefficient (Wildman–Crippen LogP) is 4.66. The fourth-order valence-corrected chi connectivity index (χ4v) is 4.77. The third-order valence-electron chi connectivity index (χ3n) is 4.02. The number of azo groups is 1. The molecule has 0 radical (unpaired) electrons. The molecule has 0 unspecified atom stereocenters. The van der Waals surface area contributed by atoms with Crippen molar-refractivity contribution in [3.8, 4) is 0 Å². The minimum atomic E-state index is -2.04. The number of rotatable bonds is 5. The van der Waals surface area contributed by atoms with Gasteiger partial charge >= 0.3 is 12.2 Å². The Kier molecular flexibility index (Phi) is 6.84. The molecule has 0 aliphatic heterocycles. The highest BCUT2D eigenvalue weighted by atomic mass is 28.4. The van der Waals surface area contributed by atoms with E-state index in [0.29, 0.717) is 0 Å². The standard InChI is InChI=1S/C13H24N2O4Si/c1-4-20(5-2,6-3)19-13(17)15-14-12(16)18-11-9-7-8-10-11/h11H,4-10H2,1-3H3. The van der Waals surface area contributed by atoms with Crippen LogP contribution < -0.4 is 0 Å². The summed E-state index contributed by atoms with van der Waals surface area (Å²) in [5.41, 5.74) is 0. The van der Waals surface area contributed by atoms with Crippen LogP contribution in [0, 0.1) is 0 Å². The van der Waals surface area contributed by atoms with Crippen LogP contribution in [0.5, 0.6) is 0 Å². The largest absolute Gasteiger partial charge is 0.501 e. The molecule has 20 heavy (non-hydrogen) atoms. The summed E-state index contributed by atoms with van der Waals surface area (Å²) in [6.07, 6.45) is 2.21. The number of nitrogens with zero attached hydrogens (tertiary/aromatic N) is 2. The van der Waals surface area contributed by atoms with Gasteiger partial charge in [-0.25, -0.2) is 9.59 Å². The minimum absolute atomic E-state index is 0.0761. The topological polar surface area (TPSA) is 77.3 Å². The first-order valence-corrected chi connectivity index (χ1v) is 9.93. The van der Waals surface area contributed by atoms with Crippen LogP contribution >= 0.6 is 0 Å². The molecule has 0 aromatic heterocycles. The first kappa shape index (κ1) is 16.8. The lowest BCUT2D eigenvalue weighted by Gasteiger charge is -2.25. The zero-order valence-corrected chi connectivity index (χ0v) is 13.6. The van der Waals surface area contributed by atoms with Crippen molar-refractivity contribution >= 4 is 20.5 Å². The summed E-state index contributed by atoms with van der Waals surface area (Å²) in [6, 6.07) is 2.52. The van der Waals surface area contributed by atoms with E-state index in [4.69, 9.17) is 9.16 Å². The van der Waals surface area contributed by atoms with E-state index in [0.717, 1.165) is 43.8 Å². The zero-order valence-electron chi connectivity index (χ0n) is 12.6. The number of amides is 2. The van der Waals surface area contributed by atoms with Gasteiger partial charge < -0.3 is 9.16 Å². The number of carbonyl (C=O) groups is 2. The molecule has 0 heterocycles. The first-order valence-electron chi connectivity index (χ1n) is 7.40. The van der Waals surface area contributed by atoms with E-state index in [-0.39, 0.29) is 6.10 Å². The molecule has 2 amide bonds. The van der Waals surface area contributed by atoms with E-state index in [2.05, 4.69) is 10.2 Å². The van der Waals surface area contributed by atoms with Gasteiger partial charge in [-0.2, -0.15) is 0 Å². The molecule has 0 atom stereocenters. The second kappa shape index (κ2) is 8.14. The van der Waals surface area contributed by atoms with Crippen LogP contribution in [0.4, 0.5) is 9.59 Å². The van der Waals surface area contributed by atoms with E-state index in [1.165, 1.54) is 0 Å². The molecule has 114 valence electrons. The molecule has 1 aliphatic rings. The SMILES string of the molecule is CC[Si](CC)(CC)OC(=O)N=NC(=O)OC1CCCC1. The molecule has 1 aliphatic carbocycles. The summed E-state index contributed by atoms with van der Waals surface area (Å²) >= 11 is 0. The molecule has 0 bridgehead atoms. The van der Waals surface area contributed by atoms with Gasteiger partial charge in [-0.3, -0.25) is 0 Å². The van der Waals surface area contributed by atoms with Crippen LogP contribution in [0.2, 0.25) is 18.1 Å². The molecule has 0 saturated heterocycles. The fraction of sp³-hybridized carbons (Fsp3) is 0.846. The maximum Gasteiger partial charge on any atom is 0.452 e. The summed E-state index contributed by atoms with van der Waals surface area (Å²) in [7, 11) is -2.04. The van der Waals surface area contributed by atoms with Crippen molar-refractivity contribution in [2.75, 3.05) is 0 Å². The maximum atomic E-state index is 11.6. The van der Waals surface area contributed by atoms with Crippen LogP contribution in [0.15, 0.2) is 10.2 Å². The minimum Gasteiger partial charge on any atom is -0.501 e. The summed E-state index contributed by atoms with van der Waals surface area (Å²) in [4.78, 5) is 23.0. The lowest BCUT2D eigenvalue weighted by molar-refractivity contribution is 0.108. The molecule has 0 aromatic carbocycles. The average Bonchev–Trinajstić information content (AvgIpc) is 2.95. The third-order valence-corrected chi connectivity index (χ3v) is 8.49. The van der Waals surface area contributed by atoms with Crippen molar-refractivity contribution in [3.63, 3.8) is 0 Å². The quantitative estimate of drug-likeness (QED) is 0.546. The monoisotopic (exact) mass is 300 g/mol. The smallest absolute Gasteiger partial charge is 0.452 e. The van der Waals surface area contributed by atoms with Crippen molar-refractivity contribution in [2.24, 2.45) is 10.2 Å². The summed E-state index contributed by atoms with van der Waals surface area (Å²) in [5, 5.41) is 6.61. The lowest BCUT2D eigenvalue weighted by atomic mass is 10.3. The summed E-state index contributed by atoms with van der Waals surface area (Å²) in [6.45, 7) is 6.04. The van der Waals surface area contributed by atoms with E-state index in [1.54, 1.807) is 0 Å². The average molecular weight is 300 g/mol. The van der Waals surface area contributed by atoms with Gasteiger partial charge in [0.2, 0.25) is 0 Å². The second-order valence-corrected chi connectivity index (χ2v) is 9.79. The maximum absolute atomic E-state index is 11.6. The Morgan fingerprint density at radius 1 is 1.00 bits per heavy atom. The molecule has 1 rings (SSSR count). The lowest BCUT2D eigenvalue weighted by Crippen LogP contribution is -2.37. The Morgan fingerprint density at radius 3 is 2.00 bits per heavy atom. The van der Waals surface area contributed by atoms with Gasteiger partial charge in [0.05, 0.1) is 0 Å². The molecule has 6 nitrogen and oxygen atoms in total. The Morgan fingerprint density at radius 2 is 1.50 bits per heavy atom. The molecular weight excluding hydrogens is 276 g/mol. The Hall–Kier alpha value is -1.24. The van der Waals surface area contributed by atoms with Crippen molar-refractivity contribution in [3.05, 3.63) is 0 Å². The molecule has 7 heteroatoms. The van der Waals surface area contributed by atoms with Crippen LogP contribution in [0.1, 0.15) is 46.5 Å². The van der Waals surface area contributed by atoms with Gasteiger partial charge in [0.15, 0.2) is 0 Å². The highest BCUT2D eigenvalue weighted by molar-refractivity contribution is 6.74. The van der Waals surface area contributed by atoms with E-state index >= 15 is 0 Å². The normalized spacial score (nSPS) is 16.6. The van der Waals surface area contributed by atoms with E-state index in [9.17, 15) is 9.59 Å². The zero-order chi connectivity index (χ0) is 15.0. The molecule has 0 N–H and O–H groups in total. The Bertz CT molecular complexity index is 355. The molecular formula is C13H24N2O4Si. The van der Waals surface area contributed by atoms with Gasteiger partial charge in [-0.15, -0.1) is 0 Å². The van der Waals surface area contributed by atoms with Gasteiger partial charge in [0.25, 0.3) is 8.32 Å². The Balaban J connectivity index is 2.43. The number of ether oxygens (including phenoxy) is 1. The van der Waals surface area contributed by atoms with Crippen LogP contribution in [-0.2, 0) is 9.16 Å². The molecule has 1 saturated carbocycles. The van der Waals surface area contributed by atoms with Gasteiger partial charge in [-0.1, -0.05) is 31.0 Å². The van der Waals surface area contributed by atoms with Gasteiger partial charge in [0, 0.05) is 0 Å². The highest BCUT2D eigenvalue weighted by Crippen LogP contribution is 2.23.